The summed E-state index contributed by atoms with van der Waals surface area (Å²) in [5, 5.41) is 10.0. The minimum Gasteiger partial charge on any atom is -0.506 e. The first-order valence-corrected chi connectivity index (χ1v) is 10.7. The molecule has 0 atom stereocenters. The third-order valence-electron chi connectivity index (χ3n) is 4.52. The molecule has 4 N–H and O–H groups in total. The summed E-state index contributed by atoms with van der Waals surface area (Å²) in [6.45, 7) is 0. The Morgan fingerprint density at radius 2 is 1.70 bits per heavy atom. The minimum absolute atomic E-state index is 0.0861. The Bertz CT molecular complexity index is 1310. The average Bonchev–Trinajstić information content (AvgIpc) is 3.11. The number of hydrogen-bond acceptors (Lipinski definition) is 6. The number of Topliss-reactive ketones (excluding diaryl/α,β-unsaturated/α-hetero) is 1. The number of primary amides is 1. The number of ketones is 1. The fourth-order valence-corrected chi connectivity index (χ4v) is 5.43. The van der Waals surface area contributed by atoms with Crippen LogP contribution in [0, 0.1) is 0 Å². The highest BCUT2D eigenvalue weighted by Crippen LogP contribution is 2.40. The normalized spacial score (nSPS) is 10.9. The number of amides is 1. The van der Waals surface area contributed by atoms with Crippen molar-refractivity contribution >= 4 is 45.0 Å². The van der Waals surface area contributed by atoms with Crippen molar-refractivity contribution in [3.8, 4) is 16.9 Å². The SMILES string of the molecule is NC(=O)c1c(SCC(=O)c2ccc(-c3ccccc3)cc2)sc2c(O)cc(=O)[nH]c12. The Kier molecular flexibility index (Phi) is 5.43. The van der Waals surface area contributed by atoms with E-state index in [1.807, 2.05) is 42.5 Å². The van der Waals surface area contributed by atoms with E-state index in [0.717, 1.165) is 40.3 Å². The highest BCUT2D eigenvalue weighted by atomic mass is 32.2. The first-order chi connectivity index (χ1) is 14.4. The second-order valence-electron chi connectivity index (χ2n) is 6.51. The molecular formula is C22H16N2O4S2. The standard InChI is InChI=1S/C22H16N2O4S2/c23-21(28)18-19-20(15(25)10-17(27)24-19)30-22(18)29-11-16(26)14-8-6-13(7-9-14)12-4-2-1-3-5-12/h1-10H,11H2,(H2,23,28)(H2,24,25,27). The quantitative estimate of drug-likeness (QED) is 0.312. The molecule has 6 nitrogen and oxygen atoms in total. The van der Waals surface area contributed by atoms with Gasteiger partial charge in [0, 0.05) is 11.6 Å². The fraction of sp³-hybridized carbons (Fsp3) is 0.0455. The maximum Gasteiger partial charge on any atom is 0.252 e. The van der Waals surface area contributed by atoms with Gasteiger partial charge in [0.25, 0.3) is 11.5 Å². The molecular weight excluding hydrogens is 420 g/mol. The van der Waals surface area contributed by atoms with Gasteiger partial charge in [0.15, 0.2) is 5.78 Å². The van der Waals surface area contributed by atoms with Crippen molar-refractivity contribution < 1.29 is 14.7 Å². The topological polar surface area (TPSA) is 113 Å². The van der Waals surface area contributed by atoms with E-state index >= 15 is 0 Å². The van der Waals surface area contributed by atoms with E-state index in [1.165, 1.54) is 0 Å². The Morgan fingerprint density at radius 3 is 2.37 bits per heavy atom. The van der Waals surface area contributed by atoms with Crippen LogP contribution in [0.3, 0.4) is 0 Å². The number of carbonyl (C=O) groups is 2. The Labute approximate surface area is 179 Å². The van der Waals surface area contributed by atoms with E-state index in [2.05, 4.69) is 4.98 Å². The number of aromatic nitrogens is 1. The number of fused-ring (bicyclic) bond motifs is 1. The lowest BCUT2D eigenvalue weighted by Gasteiger charge is -2.04. The number of thioether (sulfide) groups is 1. The van der Waals surface area contributed by atoms with E-state index in [1.54, 1.807) is 12.1 Å². The number of aromatic amines is 1. The number of aromatic hydroxyl groups is 1. The van der Waals surface area contributed by atoms with Crippen molar-refractivity contribution in [1.82, 2.24) is 4.98 Å². The summed E-state index contributed by atoms with van der Waals surface area (Å²) < 4.78 is 0.828. The number of pyridine rings is 1. The highest BCUT2D eigenvalue weighted by molar-refractivity contribution is 8.02. The molecule has 0 bridgehead atoms. The van der Waals surface area contributed by atoms with Gasteiger partial charge in [-0.1, -0.05) is 54.6 Å². The van der Waals surface area contributed by atoms with Crippen LogP contribution in [0.2, 0.25) is 0 Å². The molecule has 0 aliphatic carbocycles. The van der Waals surface area contributed by atoms with E-state index in [9.17, 15) is 19.5 Å². The van der Waals surface area contributed by atoms with E-state index < -0.39 is 11.5 Å². The van der Waals surface area contributed by atoms with Crippen LogP contribution in [0.15, 0.2) is 69.7 Å². The first kappa shape index (κ1) is 19.9. The van der Waals surface area contributed by atoms with Crippen LogP contribution >= 0.6 is 23.1 Å². The molecule has 1 amide bonds. The number of nitrogens with two attached hydrogens (primary N) is 1. The van der Waals surface area contributed by atoms with Crippen molar-refractivity contribution in [3.63, 3.8) is 0 Å². The highest BCUT2D eigenvalue weighted by Gasteiger charge is 2.21. The van der Waals surface area contributed by atoms with Gasteiger partial charge in [0.05, 0.1) is 25.7 Å². The van der Waals surface area contributed by atoms with Crippen LogP contribution in [-0.2, 0) is 0 Å². The minimum atomic E-state index is -0.732. The van der Waals surface area contributed by atoms with Crippen LogP contribution < -0.4 is 11.3 Å². The van der Waals surface area contributed by atoms with E-state index in [-0.39, 0.29) is 28.4 Å². The predicted octanol–water partition coefficient (Wildman–Crippen LogP) is 4.04. The largest absolute Gasteiger partial charge is 0.506 e. The molecule has 0 aliphatic heterocycles. The molecule has 0 fully saturated rings. The van der Waals surface area contributed by atoms with Gasteiger partial charge >= 0.3 is 0 Å². The smallest absolute Gasteiger partial charge is 0.252 e. The lowest BCUT2D eigenvalue weighted by Crippen LogP contribution is -2.13. The summed E-state index contributed by atoms with van der Waals surface area (Å²) in [5.41, 5.74) is 7.89. The molecule has 150 valence electrons. The number of nitrogens with one attached hydrogen (secondary N) is 1. The molecule has 0 aliphatic rings. The maximum absolute atomic E-state index is 12.6. The molecule has 0 saturated heterocycles. The Balaban J connectivity index is 1.56. The Morgan fingerprint density at radius 1 is 1.03 bits per heavy atom. The molecule has 0 spiro atoms. The monoisotopic (exact) mass is 436 g/mol. The molecule has 8 heteroatoms. The number of hydrogen-bond donors (Lipinski definition) is 3. The summed E-state index contributed by atoms with van der Waals surface area (Å²) in [7, 11) is 0. The van der Waals surface area contributed by atoms with E-state index in [4.69, 9.17) is 5.73 Å². The van der Waals surface area contributed by atoms with Crippen LogP contribution in [-0.4, -0.2) is 27.5 Å². The second-order valence-corrected chi connectivity index (χ2v) is 8.77. The van der Waals surface area contributed by atoms with Gasteiger partial charge in [-0.05, 0) is 11.1 Å². The fourth-order valence-electron chi connectivity index (χ4n) is 3.08. The number of carbonyl (C=O) groups excluding carboxylic acids is 2. The summed E-state index contributed by atoms with van der Waals surface area (Å²) >= 11 is 2.27. The lowest BCUT2D eigenvalue weighted by molar-refractivity contribution is 0.0995. The summed E-state index contributed by atoms with van der Waals surface area (Å²) in [4.78, 5) is 38.8. The average molecular weight is 437 g/mol. The van der Waals surface area contributed by atoms with Crippen molar-refractivity contribution in [3.05, 3.63) is 82.1 Å². The van der Waals surface area contributed by atoms with Gasteiger partial charge in [0.1, 0.15) is 5.75 Å². The van der Waals surface area contributed by atoms with Crippen LogP contribution in [0.4, 0.5) is 0 Å². The second kappa shape index (κ2) is 8.17. The maximum atomic E-state index is 12.6. The molecule has 30 heavy (non-hydrogen) atoms. The molecule has 0 unspecified atom stereocenters. The zero-order chi connectivity index (χ0) is 21.3. The van der Waals surface area contributed by atoms with Crippen LogP contribution in [0.25, 0.3) is 21.3 Å². The zero-order valence-electron chi connectivity index (χ0n) is 15.5. The summed E-state index contributed by atoms with van der Waals surface area (Å²) in [6, 6.07) is 18.2. The predicted molar refractivity (Wildman–Crippen MR) is 120 cm³/mol. The molecule has 0 saturated carbocycles. The summed E-state index contributed by atoms with van der Waals surface area (Å²) in [5.74, 6) is -0.978. The van der Waals surface area contributed by atoms with Gasteiger partial charge in [-0.25, -0.2) is 0 Å². The van der Waals surface area contributed by atoms with Crippen molar-refractivity contribution in [2.24, 2.45) is 5.73 Å². The lowest BCUT2D eigenvalue weighted by atomic mass is 10.0. The third-order valence-corrected chi connectivity index (χ3v) is 7.00. The van der Waals surface area contributed by atoms with Gasteiger partial charge < -0.3 is 15.8 Å². The van der Waals surface area contributed by atoms with Gasteiger partial charge in [-0.2, -0.15) is 0 Å². The van der Waals surface area contributed by atoms with Gasteiger partial charge in [0.2, 0.25) is 0 Å². The number of benzene rings is 2. The number of thiophene rings is 1. The molecule has 4 rings (SSSR count). The van der Waals surface area contributed by atoms with Crippen LogP contribution in [0.1, 0.15) is 20.7 Å². The first-order valence-electron chi connectivity index (χ1n) is 8.94. The molecule has 2 aromatic carbocycles. The zero-order valence-corrected chi connectivity index (χ0v) is 17.2. The number of H-pyrrole nitrogens is 1. The summed E-state index contributed by atoms with van der Waals surface area (Å²) in [6.07, 6.45) is 0. The molecule has 2 aromatic heterocycles. The van der Waals surface area contributed by atoms with Gasteiger partial charge in [-0.3, -0.25) is 14.4 Å². The van der Waals surface area contributed by atoms with Crippen LogP contribution in [0.5, 0.6) is 5.75 Å². The van der Waals surface area contributed by atoms with E-state index in [0.29, 0.717) is 14.5 Å². The van der Waals surface area contributed by atoms with Crippen molar-refractivity contribution in [1.29, 1.82) is 0 Å². The number of rotatable bonds is 6. The van der Waals surface area contributed by atoms with Crippen molar-refractivity contribution in [2.75, 3.05) is 5.75 Å². The molecule has 4 aromatic rings. The Hall–Kier alpha value is -3.36. The molecule has 2 heterocycles. The third kappa shape index (κ3) is 3.87. The van der Waals surface area contributed by atoms with Crippen molar-refractivity contribution in [2.45, 2.75) is 4.21 Å². The van der Waals surface area contributed by atoms with Gasteiger partial charge in [-0.15, -0.1) is 23.1 Å². The molecule has 0 radical (unpaired) electrons.